The van der Waals surface area contributed by atoms with E-state index in [2.05, 4.69) is 32.9 Å². The Labute approximate surface area is 259 Å². The van der Waals surface area contributed by atoms with Gasteiger partial charge in [-0.2, -0.15) is 0 Å². The quantitative estimate of drug-likeness (QED) is 0.162. The van der Waals surface area contributed by atoms with Gasteiger partial charge in [0.15, 0.2) is 0 Å². The molecular weight excluding hydrogens is 544 g/mol. The molecule has 6 aromatic carbocycles. The molecule has 0 saturated heterocycles. The van der Waals surface area contributed by atoms with Crippen LogP contribution >= 0.6 is 0 Å². The summed E-state index contributed by atoms with van der Waals surface area (Å²) in [5.74, 6) is 6.06. The van der Waals surface area contributed by atoms with Crippen molar-refractivity contribution in [2.24, 2.45) is 0 Å². The van der Waals surface area contributed by atoms with Crippen molar-refractivity contribution in [1.29, 1.82) is 0 Å². The van der Waals surface area contributed by atoms with E-state index in [1.807, 2.05) is 127 Å². The first-order valence-electron chi connectivity index (χ1n) is 14.7. The summed E-state index contributed by atoms with van der Waals surface area (Å²) in [6, 6.07) is 45.5. The molecule has 0 heterocycles. The van der Waals surface area contributed by atoms with Crippen LogP contribution in [0.4, 0.5) is 0 Å². The van der Waals surface area contributed by atoms with Crippen molar-refractivity contribution in [3.63, 3.8) is 0 Å². The van der Waals surface area contributed by atoms with Crippen LogP contribution in [0.5, 0.6) is 46.0 Å². The molecule has 44 heavy (non-hydrogen) atoms. The second kappa shape index (κ2) is 13.2. The number of benzene rings is 6. The third-order valence-corrected chi connectivity index (χ3v) is 7.53. The van der Waals surface area contributed by atoms with Gasteiger partial charge in [0.05, 0.1) is 0 Å². The molecule has 0 saturated carbocycles. The number of aryl methyl sites for hydroxylation is 2. The largest absolute Gasteiger partial charge is 0.457 e. The molecule has 0 bridgehead atoms. The number of hydrogen-bond donors (Lipinski definition) is 0. The standard InChI is InChI=1S/C40H34O4/c1-28-19-20-35(25-29(28)2)41-36-21-22-39(43-33-15-9-5-10-16-33)31(26-36)27-37-30(3)38(42-32-13-7-4-8-14-32)23-24-40(37)44-34-17-11-6-12-18-34/h4-26H,27H2,1-3H3. The average molecular weight is 579 g/mol. The smallest absolute Gasteiger partial charge is 0.131 e. The first kappa shape index (κ1) is 28.6. The fourth-order valence-electron chi connectivity index (χ4n) is 4.94. The van der Waals surface area contributed by atoms with Crippen molar-refractivity contribution in [1.82, 2.24) is 0 Å². The molecule has 0 radical (unpaired) electrons. The Morgan fingerprint density at radius 3 is 1.45 bits per heavy atom. The Kier molecular flexibility index (Phi) is 8.60. The van der Waals surface area contributed by atoms with Gasteiger partial charge in [0.1, 0.15) is 46.0 Å². The SMILES string of the molecule is Cc1ccc(Oc2ccc(Oc3ccccc3)c(Cc3c(Oc4ccccc4)ccc(Oc4ccccc4)c3C)c2)cc1C. The van der Waals surface area contributed by atoms with Gasteiger partial charge < -0.3 is 18.9 Å². The van der Waals surface area contributed by atoms with Crippen LogP contribution in [0.15, 0.2) is 140 Å². The van der Waals surface area contributed by atoms with Gasteiger partial charge >= 0.3 is 0 Å². The summed E-state index contributed by atoms with van der Waals surface area (Å²) in [4.78, 5) is 0. The highest BCUT2D eigenvalue weighted by atomic mass is 16.5. The van der Waals surface area contributed by atoms with Gasteiger partial charge in [-0.3, -0.25) is 0 Å². The van der Waals surface area contributed by atoms with E-state index in [0.717, 1.165) is 62.7 Å². The minimum Gasteiger partial charge on any atom is -0.457 e. The molecule has 0 aliphatic carbocycles. The van der Waals surface area contributed by atoms with E-state index in [1.54, 1.807) is 0 Å². The lowest BCUT2D eigenvalue weighted by molar-refractivity contribution is 0.457. The van der Waals surface area contributed by atoms with Crippen LogP contribution in [0.25, 0.3) is 0 Å². The zero-order chi connectivity index (χ0) is 30.3. The molecule has 0 atom stereocenters. The third kappa shape index (κ3) is 6.93. The van der Waals surface area contributed by atoms with E-state index in [4.69, 9.17) is 18.9 Å². The number of hydrogen-bond acceptors (Lipinski definition) is 4. The number of ether oxygens (including phenoxy) is 4. The topological polar surface area (TPSA) is 36.9 Å². The van der Waals surface area contributed by atoms with Crippen LogP contribution in [-0.4, -0.2) is 0 Å². The maximum atomic E-state index is 6.45. The average Bonchev–Trinajstić information content (AvgIpc) is 3.05. The summed E-state index contributed by atoms with van der Waals surface area (Å²) >= 11 is 0. The van der Waals surface area contributed by atoms with Crippen LogP contribution in [0.2, 0.25) is 0 Å². The predicted molar refractivity (Wildman–Crippen MR) is 176 cm³/mol. The summed E-state index contributed by atoms with van der Waals surface area (Å²) in [6.45, 7) is 6.25. The van der Waals surface area contributed by atoms with Crippen molar-refractivity contribution in [2.75, 3.05) is 0 Å². The molecular formula is C40H34O4. The minimum absolute atomic E-state index is 0.520. The van der Waals surface area contributed by atoms with Gasteiger partial charge in [-0.05, 0) is 116 Å². The highest BCUT2D eigenvalue weighted by Crippen LogP contribution is 2.39. The van der Waals surface area contributed by atoms with E-state index >= 15 is 0 Å². The first-order chi connectivity index (χ1) is 21.5. The molecule has 0 unspecified atom stereocenters. The lowest BCUT2D eigenvalue weighted by Crippen LogP contribution is -2.01. The van der Waals surface area contributed by atoms with E-state index in [9.17, 15) is 0 Å². The zero-order valence-corrected chi connectivity index (χ0v) is 25.1. The van der Waals surface area contributed by atoms with Crippen LogP contribution in [-0.2, 0) is 6.42 Å². The Bertz CT molecular complexity index is 1850. The molecule has 0 aromatic heterocycles. The van der Waals surface area contributed by atoms with E-state index in [-0.39, 0.29) is 0 Å². The van der Waals surface area contributed by atoms with E-state index < -0.39 is 0 Å². The molecule has 4 nitrogen and oxygen atoms in total. The maximum Gasteiger partial charge on any atom is 0.131 e. The van der Waals surface area contributed by atoms with Crippen molar-refractivity contribution in [3.05, 3.63) is 167 Å². The predicted octanol–water partition coefficient (Wildman–Crippen LogP) is 11.4. The molecule has 218 valence electrons. The maximum absolute atomic E-state index is 6.45. The normalized spacial score (nSPS) is 10.7. The molecule has 4 heteroatoms. The van der Waals surface area contributed by atoms with E-state index in [1.165, 1.54) is 11.1 Å². The van der Waals surface area contributed by atoms with Crippen molar-refractivity contribution >= 4 is 0 Å². The summed E-state index contributed by atoms with van der Waals surface area (Å²) in [7, 11) is 0. The summed E-state index contributed by atoms with van der Waals surface area (Å²) < 4.78 is 25.5. The first-order valence-corrected chi connectivity index (χ1v) is 14.7. The molecule has 0 N–H and O–H groups in total. The van der Waals surface area contributed by atoms with Gasteiger partial charge in [-0.1, -0.05) is 60.7 Å². The lowest BCUT2D eigenvalue weighted by atomic mass is 9.97. The fraction of sp³-hybridized carbons (Fsp3) is 0.100. The molecule has 6 rings (SSSR count). The Morgan fingerprint density at radius 1 is 0.386 bits per heavy atom. The molecule has 0 fully saturated rings. The Hall–Kier alpha value is -5.48. The van der Waals surface area contributed by atoms with Gasteiger partial charge in [0.2, 0.25) is 0 Å². The highest BCUT2D eigenvalue weighted by molar-refractivity contribution is 5.55. The van der Waals surface area contributed by atoms with Gasteiger partial charge in [0.25, 0.3) is 0 Å². The lowest BCUT2D eigenvalue weighted by Gasteiger charge is -2.19. The fourth-order valence-corrected chi connectivity index (χ4v) is 4.94. The van der Waals surface area contributed by atoms with Crippen molar-refractivity contribution < 1.29 is 18.9 Å². The third-order valence-electron chi connectivity index (χ3n) is 7.53. The second-order valence-corrected chi connectivity index (χ2v) is 10.7. The molecule has 0 spiro atoms. The number of rotatable bonds is 10. The highest BCUT2D eigenvalue weighted by Gasteiger charge is 2.18. The van der Waals surface area contributed by atoms with Crippen LogP contribution in [0, 0.1) is 20.8 Å². The van der Waals surface area contributed by atoms with Crippen LogP contribution in [0.3, 0.4) is 0 Å². The zero-order valence-electron chi connectivity index (χ0n) is 25.1. The summed E-state index contributed by atoms with van der Waals surface area (Å²) in [5.41, 5.74) is 5.33. The monoisotopic (exact) mass is 578 g/mol. The van der Waals surface area contributed by atoms with Gasteiger partial charge in [-0.15, -0.1) is 0 Å². The van der Waals surface area contributed by atoms with Crippen molar-refractivity contribution in [3.8, 4) is 46.0 Å². The van der Waals surface area contributed by atoms with E-state index in [0.29, 0.717) is 6.42 Å². The van der Waals surface area contributed by atoms with Gasteiger partial charge in [0, 0.05) is 17.5 Å². The van der Waals surface area contributed by atoms with Crippen LogP contribution in [0.1, 0.15) is 27.8 Å². The number of para-hydroxylation sites is 3. The Morgan fingerprint density at radius 2 is 0.864 bits per heavy atom. The summed E-state index contributed by atoms with van der Waals surface area (Å²) in [5, 5.41) is 0. The molecule has 0 aliphatic rings. The summed E-state index contributed by atoms with van der Waals surface area (Å²) in [6.07, 6.45) is 0.520. The van der Waals surface area contributed by atoms with Crippen LogP contribution < -0.4 is 18.9 Å². The Balaban J connectivity index is 1.41. The minimum atomic E-state index is 0.520. The van der Waals surface area contributed by atoms with Crippen molar-refractivity contribution in [2.45, 2.75) is 27.2 Å². The molecule has 6 aromatic rings. The van der Waals surface area contributed by atoms with Gasteiger partial charge in [-0.25, -0.2) is 0 Å². The molecule has 0 amide bonds. The second-order valence-electron chi connectivity index (χ2n) is 10.7. The molecule has 0 aliphatic heterocycles.